The minimum Gasteiger partial charge on any atom is -0.504 e. The molecule has 0 spiro atoms. The number of aromatic hydroxyl groups is 1. The Hall–Kier alpha value is -4.21. The number of phenolic OH excluding ortho intramolecular Hbond substituents is 1. The van der Waals surface area contributed by atoms with Gasteiger partial charge >= 0.3 is 6.03 Å². The van der Waals surface area contributed by atoms with E-state index >= 15 is 0 Å². The molecule has 0 atom stereocenters. The van der Waals surface area contributed by atoms with Gasteiger partial charge < -0.3 is 9.84 Å². The number of nitrogens with one attached hydrogen (secondary N) is 1. The third-order valence-electron chi connectivity index (χ3n) is 4.21. The van der Waals surface area contributed by atoms with Crippen LogP contribution < -0.4 is 15.0 Å². The first-order chi connectivity index (χ1) is 13.7. The Bertz CT molecular complexity index is 1070. The molecule has 0 unspecified atom stereocenters. The number of carbonyl (C=O) groups is 3. The molecule has 0 saturated carbocycles. The Morgan fingerprint density at radius 1 is 1.17 bits per heavy atom. The Labute approximate surface area is 164 Å². The number of ether oxygens (including phenoxy) is 1. The minimum absolute atomic E-state index is 0.187. The molecule has 0 bridgehead atoms. The molecule has 10 nitrogen and oxygen atoms in total. The number of aryl methyl sites for hydroxylation is 1. The second-order valence-corrected chi connectivity index (χ2v) is 6.14. The molecule has 1 heterocycles. The van der Waals surface area contributed by atoms with Gasteiger partial charge in [-0.3, -0.25) is 25.0 Å². The van der Waals surface area contributed by atoms with Crippen LogP contribution in [0.4, 0.5) is 16.2 Å². The lowest BCUT2D eigenvalue weighted by molar-refractivity contribution is -0.385. The van der Waals surface area contributed by atoms with Crippen LogP contribution in [0.2, 0.25) is 0 Å². The van der Waals surface area contributed by atoms with Crippen molar-refractivity contribution in [1.29, 1.82) is 0 Å². The summed E-state index contributed by atoms with van der Waals surface area (Å²) in [6.45, 7) is 1.83. The quantitative estimate of drug-likeness (QED) is 0.349. The first-order valence-electron chi connectivity index (χ1n) is 8.26. The smallest absolute Gasteiger partial charge is 0.335 e. The number of imide groups is 2. The van der Waals surface area contributed by atoms with E-state index in [2.05, 4.69) is 0 Å². The summed E-state index contributed by atoms with van der Waals surface area (Å²) in [5, 5.41) is 23.4. The molecule has 1 saturated heterocycles. The van der Waals surface area contributed by atoms with Crippen LogP contribution >= 0.6 is 0 Å². The Morgan fingerprint density at radius 2 is 1.83 bits per heavy atom. The van der Waals surface area contributed by atoms with Crippen molar-refractivity contribution >= 4 is 35.3 Å². The highest BCUT2D eigenvalue weighted by Gasteiger charge is 2.37. The molecule has 2 aromatic rings. The van der Waals surface area contributed by atoms with Crippen molar-refractivity contribution in [3.05, 3.63) is 63.2 Å². The normalized spacial score (nSPS) is 15.4. The highest BCUT2D eigenvalue weighted by molar-refractivity contribution is 6.39. The van der Waals surface area contributed by atoms with Gasteiger partial charge in [-0.15, -0.1) is 0 Å². The number of urea groups is 1. The van der Waals surface area contributed by atoms with Crippen molar-refractivity contribution in [2.24, 2.45) is 0 Å². The number of methoxy groups -OCH3 is 1. The van der Waals surface area contributed by atoms with Gasteiger partial charge in [0.2, 0.25) is 0 Å². The number of phenols is 1. The second-order valence-electron chi connectivity index (χ2n) is 6.14. The largest absolute Gasteiger partial charge is 0.504 e. The number of amides is 4. The number of carbonyl (C=O) groups excluding carboxylic acids is 3. The number of anilines is 1. The van der Waals surface area contributed by atoms with Gasteiger partial charge in [0.25, 0.3) is 17.5 Å². The number of rotatable bonds is 4. The number of hydrogen-bond donors (Lipinski definition) is 2. The van der Waals surface area contributed by atoms with Crippen LogP contribution in [0.5, 0.6) is 11.5 Å². The van der Waals surface area contributed by atoms with Crippen LogP contribution in [0.3, 0.4) is 0 Å². The van der Waals surface area contributed by atoms with E-state index in [0.717, 1.165) is 28.7 Å². The van der Waals surface area contributed by atoms with Gasteiger partial charge in [0.15, 0.2) is 11.5 Å². The monoisotopic (exact) mass is 397 g/mol. The molecule has 3 rings (SSSR count). The van der Waals surface area contributed by atoms with E-state index < -0.39 is 39.8 Å². The second kappa shape index (κ2) is 7.43. The molecular formula is C19H15N3O7. The van der Waals surface area contributed by atoms with E-state index in [0.29, 0.717) is 0 Å². The fourth-order valence-corrected chi connectivity index (χ4v) is 2.73. The average molecular weight is 397 g/mol. The summed E-state index contributed by atoms with van der Waals surface area (Å²) in [6, 6.07) is 7.50. The van der Waals surface area contributed by atoms with Gasteiger partial charge in [-0.05, 0) is 25.1 Å². The molecule has 2 aromatic carbocycles. The topological polar surface area (TPSA) is 139 Å². The predicted molar refractivity (Wildman–Crippen MR) is 101 cm³/mol. The van der Waals surface area contributed by atoms with Crippen molar-refractivity contribution in [2.45, 2.75) is 6.92 Å². The van der Waals surface area contributed by atoms with E-state index in [1.165, 1.54) is 19.2 Å². The van der Waals surface area contributed by atoms with E-state index in [1.807, 2.05) is 12.2 Å². The number of nitrogens with zero attached hydrogens (tertiary/aromatic N) is 2. The minimum atomic E-state index is -0.992. The summed E-state index contributed by atoms with van der Waals surface area (Å²) in [4.78, 5) is 48.4. The van der Waals surface area contributed by atoms with Gasteiger partial charge in [0.05, 0.1) is 23.8 Å². The number of nitro groups is 1. The SMILES string of the molecule is COc1cc([N+](=O)[O-])cc(/C=C2\C(=O)NC(=O)N(c3ccc(C)cc3)C2=O)c1O. The van der Waals surface area contributed by atoms with Crippen LogP contribution in [0.15, 0.2) is 42.0 Å². The molecule has 2 N–H and O–H groups in total. The van der Waals surface area contributed by atoms with Gasteiger partial charge in [-0.25, -0.2) is 9.69 Å². The van der Waals surface area contributed by atoms with Crippen LogP contribution in [-0.4, -0.2) is 35.0 Å². The molecule has 1 aliphatic heterocycles. The number of nitro benzene ring substituents is 1. The molecule has 0 aliphatic carbocycles. The average Bonchev–Trinajstić information content (AvgIpc) is 2.67. The molecule has 29 heavy (non-hydrogen) atoms. The van der Waals surface area contributed by atoms with Crippen LogP contribution in [0, 0.1) is 17.0 Å². The first-order valence-corrected chi connectivity index (χ1v) is 8.26. The number of non-ortho nitro benzene ring substituents is 1. The molecular weight excluding hydrogens is 382 g/mol. The van der Waals surface area contributed by atoms with Crippen LogP contribution in [0.25, 0.3) is 6.08 Å². The van der Waals surface area contributed by atoms with Crippen LogP contribution in [-0.2, 0) is 9.59 Å². The summed E-state index contributed by atoms with van der Waals surface area (Å²) in [5.41, 5.74) is 0.0498. The molecule has 148 valence electrons. The molecule has 1 aliphatic rings. The summed E-state index contributed by atoms with van der Waals surface area (Å²) >= 11 is 0. The number of barbiturate groups is 1. The molecule has 0 radical (unpaired) electrons. The summed E-state index contributed by atoms with van der Waals surface area (Å²) in [5.74, 6) is -2.63. The van der Waals surface area contributed by atoms with Gasteiger partial charge in [0.1, 0.15) is 5.57 Å². The first kappa shape index (κ1) is 19.5. The van der Waals surface area contributed by atoms with Gasteiger partial charge in [0, 0.05) is 11.6 Å². The number of hydrogen-bond acceptors (Lipinski definition) is 7. The van der Waals surface area contributed by atoms with Crippen molar-refractivity contribution in [1.82, 2.24) is 5.32 Å². The lowest BCUT2D eigenvalue weighted by Gasteiger charge is -2.26. The fraction of sp³-hybridized carbons (Fsp3) is 0.105. The lowest BCUT2D eigenvalue weighted by Crippen LogP contribution is -2.54. The van der Waals surface area contributed by atoms with Gasteiger partial charge in [-0.2, -0.15) is 0 Å². The van der Waals surface area contributed by atoms with Crippen molar-refractivity contribution in [2.75, 3.05) is 12.0 Å². The Balaban J connectivity index is 2.11. The van der Waals surface area contributed by atoms with E-state index in [1.54, 1.807) is 12.1 Å². The molecule has 0 aromatic heterocycles. The highest BCUT2D eigenvalue weighted by atomic mass is 16.6. The molecule has 4 amide bonds. The maximum Gasteiger partial charge on any atom is 0.335 e. The highest BCUT2D eigenvalue weighted by Crippen LogP contribution is 2.36. The third-order valence-corrected chi connectivity index (χ3v) is 4.21. The summed E-state index contributed by atoms with van der Waals surface area (Å²) < 4.78 is 4.90. The Morgan fingerprint density at radius 3 is 2.41 bits per heavy atom. The lowest BCUT2D eigenvalue weighted by atomic mass is 10.0. The van der Waals surface area contributed by atoms with E-state index in [9.17, 15) is 29.6 Å². The van der Waals surface area contributed by atoms with Crippen LogP contribution in [0.1, 0.15) is 11.1 Å². The Kier molecular flexibility index (Phi) is 5.01. The zero-order valence-corrected chi connectivity index (χ0v) is 15.3. The van der Waals surface area contributed by atoms with E-state index in [-0.39, 0.29) is 17.0 Å². The molecule has 1 fully saturated rings. The van der Waals surface area contributed by atoms with Crippen molar-refractivity contribution < 1.29 is 29.2 Å². The maximum atomic E-state index is 12.8. The van der Waals surface area contributed by atoms with Crippen molar-refractivity contribution in [3.63, 3.8) is 0 Å². The fourth-order valence-electron chi connectivity index (χ4n) is 2.73. The maximum absolute atomic E-state index is 12.8. The van der Waals surface area contributed by atoms with E-state index in [4.69, 9.17) is 4.74 Å². The standard InChI is InChI=1S/C19H15N3O7/c1-10-3-5-12(6-4-10)21-18(25)14(17(24)20-19(21)26)8-11-7-13(22(27)28)9-15(29-2)16(11)23/h3-9,23H,1-2H3,(H,20,24,26)/b14-8+. The zero-order valence-electron chi connectivity index (χ0n) is 15.3. The third kappa shape index (κ3) is 3.63. The van der Waals surface area contributed by atoms with Crippen molar-refractivity contribution in [3.8, 4) is 11.5 Å². The molecule has 10 heteroatoms. The zero-order chi connectivity index (χ0) is 21.3. The predicted octanol–water partition coefficient (Wildman–Crippen LogP) is 2.28. The summed E-state index contributed by atoms with van der Waals surface area (Å²) in [7, 11) is 1.20. The summed E-state index contributed by atoms with van der Waals surface area (Å²) in [6.07, 6.45) is 0.968. The number of benzene rings is 2. The van der Waals surface area contributed by atoms with Gasteiger partial charge in [-0.1, -0.05) is 17.7 Å².